The molecule has 1 amide bonds. The lowest BCUT2D eigenvalue weighted by atomic mass is 9.98. The van der Waals surface area contributed by atoms with Gasteiger partial charge in [0, 0.05) is 18.8 Å². The third kappa shape index (κ3) is 5.58. The number of pyridine rings is 1. The molecule has 0 aliphatic carbocycles. The van der Waals surface area contributed by atoms with Crippen LogP contribution in [-0.4, -0.2) is 45.9 Å². The van der Waals surface area contributed by atoms with Gasteiger partial charge in [0.1, 0.15) is 5.60 Å². The SMILES string of the molecule is CC(C)(C)OC(=O)N1CCCC[C@H]1CCCOc1ncccc1O. The van der Waals surface area contributed by atoms with Crippen molar-refractivity contribution < 1.29 is 19.4 Å². The summed E-state index contributed by atoms with van der Waals surface area (Å²) in [6, 6.07) is 3.39. The van der Waals surface area contributed by atoms with Gasteiger partial charge in [0.15, 0.2) is 5.75 Å². The predicted molar refractivity (Wildman–Crippen MR) is 91.2 cm³/mol. The molecule has 0 saturated carbocycles. The Morgan fingerprint density at radius 1 is 1.42 bits per heavy atom. The monoisotopic (exact) mass is 336 g/mol. The van der Waals surface area contributed by atoms with Crippen molar-refractivity contribution in [3.8, 4) is 11.6 Å². The second kappa shape index (κ2) is 8.22. The molecule has 134 valence electrons. The van der Waals surface area contributed by atoms with Crippen LogP contribution in [0.1, 0.15) is 52.9 Å². The molecule has 1 N–H and O–H groups in total. The normalized spacial score (nSPS) is 18.3. The van der Waals surface area contributed by atoms with Crippen LogP contribution in [0, 0.1) is 0 Å². The van der Waals surface area contributed by atoms with Gasteiger partial charge < -0.3 is 19.5 Å². The average Bonchev–Trinajstić information content (AvgIpc) is 2.52. The summed E-state index contributed by atoms with van der Waals surface area (Å²) in [7, 11) is 0. The molecule has 0 bridgehead atoms. The number of hydrogen-bond donors (Lipinski definition) is 1. The fourth-order valence-electron chi connectivity index (χ4n) is 2.84. The second-order valence-electron chi connectivity index (χ2n) is 7.14. The van der Waals surface area contributed by atoms with E-state index in [-0.39, 0.29) is 23.8 Å². The Morgan fingerprint density at radius 3 is 2.92 bits per heavy atom. The molecule has 24 heavy (non-hydrogen) atoms. The van der Waals surface area contributed by atoms with Crippen molar-refractivity contribution in [2.45, 2.75) is 64.5 Å². The third-order valence-electron chi connectivity index (χ3n) is 3.93. The van der Waals surface area contributed by atoms with Crippen molar-refractivity contribution in [2.75, 3.05) is 13.2 Å². The molecule has 6 heteroatoms. The molecule has 0 spiro atoms. The summed E-state index contributed by atoms with van der Waals surface area (Å²) in [5.74, 6) is 0.302. The molecule has 1 aromatic rings. The van der Waals surface area contributed by atoms with E-state index in [0.29, 0.717) is 6.61 Å². The highest BCUT2D eigenvalue weighted by Gasteiger charge is 2.30. The minimum atomic E-state index is -0.474. The summed E-state index contributed by atoms with van der Waals surface area (Å²) in [5.41, 5.74) is -0.474. The van der Waals surface area contributed by atoms with Gasteiger partial charge in [-0.2, -0.15) is 0 Å². The first kappa shape index (κ1) is 18.4. The maximum atomic E-state index is 12.4. The first-order valence-corrected chi connectivity index (χ1v) is 8.63. The molecule has 2 heterocycles. The van der Waals surface area contributed by atoms with Crippen LogP contribution >= 0.6 is 0 Å². The van der Waals surface area contributed by atoms with Crippen LogP contribution in [0.15, 0.2) is 18.3 Å². The van der Waals surface area contributed by atoms with Crippen molar-refractivity contribution in [1.29, 1.82) is 0 Å². The smallest absolute Gasteiger partial charge is 0.410 e. The summed E-state index contributed by atoms with van der Waals surface area (Å²) < 4.78 is 11.0. The molecule has 2 rings (SSSR count). The number of carbonyl (C=O) groups excluding carboxylic acids is 1. The fourth-order valence-corrected chi connectivity index (χ4v) is 2.84. The van der Waals surface area contributed by atoms with Gasteiger partial charge >= 0.3 is 6.09 Å². The van der Waals surface area contributed by atoms with E-state index in [4.69, 9.17) is 9.47 Å². The van der Waals surface area contributed by atoms with Gasteiger partial charge in [-0.3, -0.25) is 0 Å². The third-order valence-corrected chi connectivity index (χ3v) is 3.93. The molecule has 1 atom stereocenters. The van der Waals surface area contributed by atoms with E-state index < -0.39 is 5.60 Å². The highest BCUT2D eigenvalue weighted by Crippen LogP contribution is 2.24. The molecule has 1 aliphatic rings. The molecule has 6 nitrogen and oxygen atoms in total. The lowest BCUT2D eigenvalue weighted by Crippen LogP contribution is -2.46. The highest BCUT2D eigenvalue weighted by molar-refractivity contribution is 5.68. The van der Waals surface area contributed by atoms with Crippen LogP contribution in [0.5, 0.6) is 11.6 Å². The number of aromatic nitrogens is 1. The Balaban J connectivity index is 1.81. The van der Waals surface area contributed by atoms with Crippen molar-refractivity contribution >= 4 is 6.09 Å². The van der Waals surface area contributed by atoms with Crippen molar-refractivity contribution in [3.63, 3.8) is 0 Å². The first-order valence-electron chi connectivity index (χ1n) is 8.63. The van der Waals surface area contributed by atoms with E-state index in [9.17, 15) is 9.90 Å². The minimum absolute atomic E-state index is 0.0468. The zero-order chi connectivity index (χ0) is 17.6. The zero-order valence-electron chi connectivity index (χ0n) is 14.8. The van der Waals surface area contributed by atoms with Gasteiger partial charge in [-0.05, 0) is 65.0 Å². The highest BCUT2D eigenvalue weighted by atomic mass is 16.6. The molecule has 0 aromatic carbocycles. The van der Waals surface area contributed by atoms with Gasteiger partial charge in [-0.1, -0.05) is 0 Å². The van der Waals surface area contributed by atoms with Crippen LogP contribution < -0.4 is 4.74 Å². The maximum Gasteiger partial charge on any atom is 0.410 e. The van der Waals surface area contributed by atoms with Crippen LogP contribution in [-0.2, 0) is 4.74 Å². The van der Waals surface area contributed by atoms with Gasteiger partial charge in [-0.15, -0.1) is 0 Å². The van der Waals surface area contributed by atoms with E-state index in [1.807, 2.05) is 25.7 Å². The molecule has 0 unspecified atom stereocenters. The van der Waals surface area contributed by atoms with E-state index >= 15 is 0 Å². The van der Waals surface area contributed by atoms with Crippen LogP contribution in [0.25, 0.3) is 0 Å². The van der Waals surface area contributed by atoms with Crippen LogP contribution in [0.4, 0.5) is 4.79 Å². The summed E-state index contributed by atoms with van der Waals surface area (Å²) in [6.07, 6.45) is 6.15. The zero-order valence-corrected chi connectivity index (χ0v) is 14.8. The number of piperidine rings is 1. The Kier molecular flexibility index (Phi) is 6.29. The lowest BCUT2D eigenvalue weighted by Gasteiger charge is -2.36. The van der Waals surface area contributed by atoms with E-state index in [0.717, 1.165) is 38.6 Å². The summed E-state index contributed by atoms with van der Waals surface area (Å²) >= 11 is 0. The Hall–Kier alpha value is -1.98. The number of carbonyl (C=O) groups is 1. The van der Waals surface area contributed by atoms with Crippen molar-refractivity contribution in [1.82, 2.24) is 9.88 Å². The Labute approximate surface area is 143 Å². The van der Waals surface area contributed by atoms with Gasteiger partial charge in [0.2, 0.25) is 0 Å². The molecule has 1 aliphatic heterocycles. The van der Waals surface area contributed by atoms with Gasteiger partial charge in [0.05, 0.1) is 6.61 Å². The maximum absolute atomic E-state index is 12.4. The standard InChI is InChI=1S/C18H28N2O4/c1-18(2,3)24-17(22)20-12-5-4-8-14(20)9-7-13-23-16-15(21)10-6-11-19-16/h6,10-11,14,21H,4-5,7-9,12-13H2,1-3H3/t14-/m0/s1. The van der Waals surface area contributed by atoms with Crippen molar-refractivity contribution in [2.24, 2.45) is 0 Å². The topological polar surface area (TPSA) is 71.9 Å². The minimum Gasteiger partial charge on any atom is -0.503 e. The Morgan fingerprint density at radius 2 is 2.21 bits per heavy atom. The van der Waals surface area contributed by atoms with E-state index in [2.05, 4.69) is 4.98 Å². The number of likely N-dealkylation sites (tertiary alicyclic amines) is 1. The molecular formula is C18H28N2O4. The summed E-state index contributed by atoms with van der Waals surface area (Å²) in [5, 5.41) is 9.62. The van der Waals surface area contributed by atoms with E-state index in [1.165, 1.54) is 0 Å². The van der Waals surface area contributed by atoms with Crippen molar-refractivity contribution in [3.05, 3.63) is 18.3 Å². The molecule has 1 saturated heterocycles. The number of hydrogen-bond acceptors (Lipinski definition) is 5. The second-order valence-corrected chi connectivity index (χ2v) is 7.14. The number of ether oxygens (including phenoxy) is 2. The average molecular weight is 336 g/mol. The fraction of sp³-hybridized carbons (Fsp3) is 0.667. The number of nitrogens with zero attached hydrogens (tertiary/aromatic N) is 2. The number of rotatable bonds is 5. The lowest BCUT2D eigenvalue weighted by molar-refractivity contribution is 0.00822. The summed E-state index contributed by atoms with van der Waals surface area (Å²) in [4.78, 5) is 18.2. The van der Waals surface area contributed by atoms with Gasteiger partial charge in [-0.25, -0.2) is 9.78 Å². The Bertz CT molecular complexity index is 542. The largest absolute Gasteiger partial charge is 0.503 e. The molecule has 1 fully saturated rings. The first-order chi connectivity index (χ1) is 11.4. The number of aromatic hydroxyl groups is 1. The molecule has 0 radical (unpaired) electrons. The predicted octanol–water partition coefficient (Wildman–Crippen LogP) is 3.74. The van der Waals surface area contributed by atoms with Gasteiger partial charge in [0.25, 0.3) is 5.88 Å². The summed E-state index contributed by atoms with van der Waals surface area (Å²) in [6.45, 7) is 6.87. The van der Waals surface area contributed by atoms with Crippen LogP contribution in [0.3, 0.4) is 0 Å². The molecular weight excluding hydrogens is 308 g/mol. The molecule has 1 aromatic heterocycles. The quantitative estimate of drug-likeness (QED) is 0.829. The van der Waals surface area contributed by atoms with Crippen LogP contribution in [0.2, 0.25) is 0 Å². The van der Waals surface area contributed by atoms with E-state index in [1.54, 1.807) is 18.3 Å². The number of amides is 1.